The highest BCUT2D eigenvalue weighted by atomic mass is 16.5. The smallest absolute Gasteiger partial charge is 0.330 e. The van der Waals surface area contributed by atoms with Crippen LogP contribution in [-0.2, 0) is 9.53 Å². The molecule has 0 atom stereocenters. The summed E-state index contributed by atoms with van der Waals surface area (Å²) in [5, 5.41) is 2.46. The molecule has 2 rings (SSSR count). The monoisotopic (exact) mass is 292 g/mol. The van der Waals surface area contributed by atoms with E-state index in [1.54, 1.807) is 0 Å². The standard InChI is InChI=1S/C20H20O2/c1-3-20(21)22-13-7-5-4-6-8-17-10-12-18-14-16(2)9-11-19(18)15-17/h3,9-12,14-15H,1,4-5,7,13H2,2H3. The maximum absolute atomic E-state index is 10.8. The Morgan fingerprint density at radius 1 is 1.18 bits per heavy atom. The summed E-state index contributed by atoms with van der Waals surface area (Å²) < 4.78 is 4.91. The van der Waals surface area contributed by atoms with Gasteiger partial charge in [-0.1, -0.05) is 48.2 Å². The van der Waals surface area contributed by atoms with Crippen LogP contribution in [-0.4, -0.2) is 12.6 Å². The summed E-state index contributed by atoms with van der Waals surface area (Å²) in [6.07, 6.45) is 3.73. The minimum Gasteiger partial charge on any atom is -0.463 e. The van der Waals surface area contributed by atoms with Crippen molar-refractivity contribution in [3.8, 4) is 11.8 Å². The van der Waals surface area contributed by atoms with E-state index >= 15 is 0 Å². The van der Waals surface area contributed by atoms with Crippen LogP contribution < -0.4 is 0 Å². The molecule has 0 aliphatic heterocycles. The van der Waals surface area contributed by atoms with Crippen molar-refractivity contribution in [1.29, 1.82) is 0 Å². The molecule has 2 nitrogen and oxygen atoms in total. The van der Waals surface area contributed by atoms with Crippen LogP contribution in [0.2, 0.25) is 0 Å². The lowest BCUT2D eigenvalue weighted by Crippen LogP contribution is -2.01. The van der Waals surface area contributed by atoms with Gasteiger partial charge in [0.05, 0.1) is 6.61 Å². The minimum atomic E-state index is -0.363. The van der Waals surface area contributed by atoms with E-state index in [1.165, 1.54) is 22.4 Å². The molecule has 0 bridgehead atoms. The molecule has 0 radical (unpaired) electrons. The van der Waals surface area contributed by atoms with Crippen LogP contribution in [0.4, 0.5) is 0 Å². The molecule has 22 heavy (non-hydrogen) atoms. The second-order valence-corrected chi connectivity index (χ2v) is 5.20. The molecule has 2 aromatic rings. The van der Waals surface area contributed by atoms with E-state index in [0.717, 1.165) is 24.8 Å². The van der Waals surface area contributed by atoms with E-state index in [-0.39, 0.29) is 5.97 Å². The third kappa shape index (κ3) is 4.79. The average Bonchev–Trinajstić information content (AvgIpc) is 2.53. The molecule has 0 heterocycles. The zero-order valence-corrected chi connectivity index (χ0v) is 12.9. The molecule has 112 valence electrons. The molecule has 0 unspecified atom stereocenters. The fourth-order valence-electron chi connectivity index (χ4n) is 2.15. The summed E-state index contributed by atoms with van der Waals surface area (Å²) in [7, 11) is 0. The predicted molar refractivity (Wildman–Crippen MR) is 90.6 cm³/mol. The molecule has 0 aliphatic carbocycles. The number of benzene rings is 2. The van der Waals surface area contributed by atoms with E-state index in [0.29, 0.717) is 6.61 Å². The molecule has 0 aliphatic rings. The molecule has 0 N–H and O–H groups in total. The highest BCUT2D eigenvalue weighted by Gasteiger charge is 1.96. The zero-order chi connectivity index (χ0) is 15.8. The molecule has 0 fully saturated rings. The van der Waals surface area contributed by atoms with Gasteiger partial charge in [0.15, 0.2) is 0 Å². The number of carbonyl (C=O) groups excluding carboxylic acids is 1. The number of ether oxygens (including phenoxy) is 1. The molecule has 2 heteroatoms. The molecule has 2 aromatic carbocycles. The molecule has 0 amide bonds. The van der Waals surface area contributed by atoms with Crippen LogP contribution in [0.15, 0.2) is 49.1 Å². The average molecular weight is 292 g/mol. The number of carbonyl (C=O) groups is 1. The number of unbranched alkanes of at least 4 members (excludes halogenated alkanes) is 2. The second kappa shape index (κ2) is 8.05. The van der Waals surface area contributed by atoms with Gasteiger partial charge < -0.3 is 4.74 Å². The van der Waals surface area contributed by atoms with Crippen molar-refractivity contribution in [2.75, 3.05) is 6.61 Å². The van der Waals surface area contributed by atoms with E-state index in [9.17, 15) is 4.79 Å². The van der Waals surface area contributed by atoms with Gasteiger partial charge in [-0.05, 0) is 42.7 Å². The van der Waals surface area contributed by atoms with Crippen LogP contribution in [0.5, 0.6) is 0 Å². The Bertz CT molecular complexity index is 732. The molecule has 0 saturated heterocycles. The third-order valence-corrected chi connectivity index (χ3v) is 3.34. The Kier molecular flexibility index (Phi) is 5.80. The minimum absolute atomic E-state index is 0.363. The number of aryl methyl sites for hydroxylation is 1. The first-order valence-electron chi connectivity index (χ1n) is 7.47. The van der Waals surface area contributed by atoms with Crippen molar-refractivity contribution in [3.05, 3.63) is 60.2 Å². The van der Waals surface area contributed by atoms with Gasteiger partial charge in [0, 0.05) is 18.1 Å². The summed E-state index contributed by atoms with van der Waals surface area (Å²) in [5.74, 6) is 5.99. The molecule has 0 aromatic heterocycles. The maximum atomic E-state index is 10.8. The lowest BCUT2D eigenvalue weighted by Gasteiger charge is -2.00. The van der Waals surface area contributed by atoms with E-state index in [2.05, 4.69) is 61.7 Å². The lowest BCUT2D eigenvalue weighted by atomic mass is 10.0. The van der Waals surface area contributed by atoms with Gasteiger partial charge in [-0.25, -0.2) is 4.79 Å². The van der Waals surface area contributed by atoms with E-state index in [1.807, 2.05) is 0 Å². The number of hydrogen-bond acceptors (Lipinski definition) is 2. The van der Waals surface area contributed by atoms with Crippen LogP contribution >= 0.6 is 0 Å². The van der Waals surface area contributed by atoms with Gasteiger partial charge in [0.1, 0.15) is 0 Å². The maximum Gasteiger partial charge on any atom is 0.330 e. The number of hydrogen-bond donors (Lipinski definition) is 0. The van der Waals surface area contributed by atoms with Crippen molar-refractivity contribution in [1.82, 2.24) is 0 Å². The highest BCUT2D eigenvalue weighted by molar-refractivity contribution is 5.84. The highest BCUT2D eigenvalue weighted by Crippen LogP contribution is 2.17. The lowest BCUT2D eigenvalue weighted by molar-refractivity contribution is -0.137. The van der Waals surface area contributed by atoms with Gasteiger partial charge in [-0.15, -0.1) is 0 Å². The van der Waals surface area contributed by atoms with Crippen LogP contribution in [0.3, 0.4) is 0 Å². The second-order valence-electron chi connectivity index (χ2n) is 5.20. The van der Waals surface area contributed by atoms with Gasteiger partial charge >= 0.3 is 5.97 Å². The van der Waals surface area contributed by atoms with Crippen LogP contribution in [0, 0.1) is 18.8 Å². The Morgan fingerprint density at radius 2 is 1.95 bits per heavy atom. The first-order valence-corrected chi connectivity index (χ1v) is 7.47. The SMILES string of the molecule is C=CC(=O)OCCCCC#Cc1ccc2cc(C)ccc2c1. The summed E-state index contributed by atoms with van der Waals surface area (Å²) in [5.41, 5.74) is 2.30. The Hall–Kier alpha value is -2.53. The molecular formula is C20H20O2. The van der Waals surface area contributed by atoms with Gasteiger partial charge in [-0.2, -0.15) is 0 Å². The fraction of sp³-hybridized carbons (Fsp3) is 0.250. The Balaban J connectivity index is 1.83. The topological polar surface area (TPSA) is 26.3 Å². The summed E-state index contributed by atoms with van der Waals surface area (Å²) >= 11 is 0. The molecule has 0 spiro atoms. The Morgan fingerprint density at radius 3 is 2.77 bits per heavy atom. The van der Waals surface area contributed by atoms with Crippen molar-refractivity contribution in [3.63, 3.8) is 0 Å². The number of rotatable bonds is 5. The van der Waals surface area contributed by atoms with Crippen LogP contribution in [0.1, 0.15) is 30.4 Å². The largest absolute Gasteiger partial charge is 0.463 e. The Labute approximate surface area is 131 Å². The van der Waals surface area contributed by atoms with E-state index < -0.39 is 0 Å². The van der Waals surface area contributed by atoms with Gasteiger partial charge in [0.2, 0.25) is 0 Å². The predicted octanol–water partition coefficient (Wildman–Crippen LogP) is 4.40. The van der Waals surface area contributed by atoms with Crippen molar-refractivity contribution in [2.45, 2.75) is 26.2 Å². The normalized spacial score (nSPS) is 9.86. The quantitative estimate of drug-likeness (QED) is 0.353. The van der Waals surface area contributed by atoms with Crippen molar-refractivity contribution >= 4 is 16.7 Å². The number of esters is 1. The van der Waals surface area contributed by atoms with E-state index in [4.69, 9.17) is 4.74 Å². The first kappa shape index (κ1) is 15.9. The zero-order valence-electron chi connectivity index (χ0n) is 12.9. The van der Waals surface area contributed by atoms with Crippen LogP contribution in [0.25, 0.3) is 10.8 Å². The summed E-state index contributed by atoms with van der Waals surface area (Å²) in [4.78, 5) is 10.8. The first-order chi connectivity index (χ1) is 10.7. The van der Waals surface area contributed by atoms with Crippen molar-refractivity contribution in [2.24, 2.45) is 0 Å². The fourth-order valence-corrected chi connectivity index (χ4v) is 2.15. The molecule has 0 saturated carbocycles. The molecular weight excluding hydrogens is 272 g/mol. The third-order valence-electron chi connectivity index (χ3n) is 3.34. The van der Waals surface area contributed by atoms with Crippen molar-refractivity contribution < 1.29 is 9.53 Å². The van der Waals surface area contributed by atoms with Gasteiger partial charge in [-0.3, -0.25) is 0 Å². The van der Waals surface area contributed by atoms with Gasteiger partial charge in [0.25, 0.3) is 0 Å². The summed E-state index contributed by atoms with van der Waals surface area (Å²) in [6.45, 7) is 5.88. The summed E-state index contributed by atoms with van der Waals surface area (Å²) in [6, 6.07) is 12.7. The number of fused-ring (bicyclic) bond motifs is 1.